The van der Waals surface area contributed by atoms with E-state index in [1.165, 1.54) is 11.1 Å². The molecule has 1 N–H and O–H groups in total. The molecule has 1 aromatic carbocycles. The molecule has 0 fully saturated rings. The van der Waals surface area contributed by atoms with E-state index in [0.29, 0.717) is 5.69 Å². The van der Waals surface area contributed by atoms with E-state index in [1.807, 2.05) is 19.2 Å². The van der Waals surface area contributed by atoms with Crippen LogP contribution in [0.25, 0.3) is 0 Å². The minimum Gasteiger partial charge on any atom is -0.355 e. The lowest BCUT2D eigenvalue weighted by atomic mass is 10.1. The summed E-state index contributed by atoms with van der Waals surface area (Å²) in [5.41, 5.74) is 4.76. The van der Waals surface area contributed by atoms with Crippen molar-refractivity contribution in [3.63, 3.8) is 0 Å². The van der Waals surface area contributed by atoms with E-state index < -0.39 is 0 Å². The van der Waals surface area contributed by atoms with Gasteiger partial charge in [-0.05, 0) is 49.6 Å². The molecule has 0 aliphatic carbocycles. The van der Waals surface area contributed by atoms with Crippen LogP contribution in [0.3, 0.4) is 0 Å². The molecule has 0 saturated carbocycles. The van der Waals surface area contributed by atoms with Gasteiger partial charge < -0.3 is 10.2 Å². The van der Waals surface area contributed by atoms with Crippen LogP contribution in [0.2, 0.25) is 0 Å². The lowest BCUT2D eigenvalue weighted by Gasteiger charge is -2.17. The van der Waals surface area contributed by atoms with Crippen LogP contribution >= 0.6 is 0 Å². The number of nitrogens with one attached hydrogen (secondary N) is 1. The maximum Gasteiger partial charge on any atom is 0.272 e. The lowest BCUT2D eigenvalue weighted by molar-refractivity contribution is 0.0787. The van der Waals surface area contributed by atoms with Gasteiger partial charge in [0.15, 0.2) is 0 Å². The van der Waals surface area contributed by atoms with Crippen LogP contribution < -0.4 is 5.32 Å². The molecule has 4 heteroatoms. The van der Waals surface area contributed by atoms with Crippen molar-refractivity contribution >= 4 is 17.3 Å². The van der Waals surface area contributed by atoms with Crippen molar-refractivity contribution in [3.8, 4) is 0 Å². The topological polar surface area (TPSA) is 45.2 Å². The Hall–Kier alpha value is -2.36. The average Bonchev–Trinajstić information content (AvgIpc) is 2.55. The quantitative estimate of drug-likeness (QED) is 0.864. The van der Waals surface area contributed by atoms with Crippen LogP contribution in [0.15, 0.2) is 36.5 Å². The molecule has 0 unspecified atom stereocenters. The number of carbonyl (C=O) groups is 1. The van der Waals surface area contributed by atoms with Crippen molar-refractivity contribution in [2.45, 2.75) is 33.6 Å². The minimum atomic E-state index is -0.0388. The second kappa shape index (κ2) is 7.77. The van der Waals surface area contributed by atoms with Gasteiger partial charge in [-0.25, -0.2) is 0 Å². The third-order valence-electron chi connectivity index (χ3n) is 3.84. The van der Waals surface area contributed by atoms with Crippen LogP contribution in [0, 0.1) is 13.8 Å². The maximum absolute atomic E-state index is 12.4. The van der Waals surface area contributed by atoms with E-state index >= 15 is 0 Å². The number of benzene rings is 1. The van der Waals surface area contributed by atoms with Gasteiger partial charge in [0.05, 0.1) is 0 Å². The molecule has 0 spiro atoms. The molecule has 0 aliphatic heterocycles. The summed E-state index contributed by atoms with van der Waals surface area (Å²) < 4.78 is 0. The second-order valence-electron chi connectivity index (χ2n) is 5.95. The number of nitrogens with zero attached hydrogens (tertiary/aromatic N) is 2. The summed E-state index contributed by atoms with van der Waals surface area (Å²) in [5.74, 6) is -0.0388. The summed E-state index contributed by atoms with van der Waals surface area (Å²) in [4.78, 5) is 18.4. The summed E-state index contributed by atoms with van der Waals surface area (Å²) in [6.07, 6.45) is 3.75. The van der Waals surface area contributed by atoms with E-state index in [9.17, 15) is 4.79 Å². The molecule has 0 atom stereocenters. The SMILES string of the molecule is CCCCN(C)C(=O)c1cc(Nc2cc(C)ccc2C)ccn1. The molecule has 23 heavy (non-hydrogen) atoms. The first-order chi connectivity index (χ1) is 11.0. The van der Waals surface area contributed by atoms with Gasteiger partial charge in [0.25, 0.3) is 5.91 Å². The number of anilines is 2. The highest BCUT2D eigenvalue weighted by molar-refractivity contribution is 5.93. The minimum absolute atomic E-state index is 0.0388. The summed E-state index contributed by atoms with van der Waals surface area (Å²) in [6, 6.07) is 9.97. The van der Waals surface area contributed by atoms with Gasteiger partial charge in [-0.15, -0.1) is 0 Å². The molecule has 2 rings (SSSR count). The fourth-order valence-corrected chi connectivity index (χ4v) is 2.34. The first-order valence-electron chi connectivity index (χ1n) is 8.07. The van der Waals surface area contributed by atoms with Gasteiger partial charge in [0, 0.05) is 31.2 Å². The van der Waals surface area contributed by atoms with Crippen molar-refractivity contribution < 1.29 is 4.79 Å². The summed E-state index contributed by atoms with van der Waals surface area (Å²) in [5, 5.41) is 3.38. The Morgan fingerprint density at radius 3 is 2.74 bits per heavy atom. The number of rotatable bonds is 6. The van der Waals surface area contributed by atoms with E-state index in [-0.39, 0.29) is 5.91 Å². The zero-order valence-corrected chi connectivity index (χ0v) is 14.4. The smallest absolute Gasteiger partial charge is 0.272 e. The van der Waals surface area contributed by atoms with Crippen molar-refractivity contribution in [3.05, 3.63) is 53.3 Å². The molecule has 0 aliphatic rings. The molecular formula is C19H25N3O. The molecule has 1 amide bonds. The molecule has 1 heterocycles. The Kier molecular flexibility index (Phi) is 5.74. The molecular weight excluding hydrogens is 286 g/mol. The number of amides is 1. The van der Waals surface area contributed by atoms with Crippen LogP contribution in [-0.4, -0.2) is 29.4 Å². The van der Waals surface area contributed by atoms with Gasteiger partial charge in [0.2, 0.25) is 0 Å². The zero-order chi connectivity index (χ0) is 16.8. The standard InChI is InChI=1S/C19H25N3O/c1-5-6-11-22(4)19(23)18-13-16(9-10-20-18)21-17-12-14(2)7-8-15(17)3/h7-10,12-13H,5-6,11H2,1-4H3,(H,20,21). The fourth-order valence-electron chi connectivity index (χ4n) is 2.34. The highest BCUT2D eigenvalue weighted by Gasteiger charge is 2.13. The number of hydrogen-bond acceptors (Lipinski definition) is 3. The number of aromatic nitrogens is 1. The van der Waals surface area contributed by atoms with Crippen molar-refractivity contribution in [1.29, 1.82) is 0 Å². The normalized spacial score (nSPS) is 10.4. The third kappa shape index (κ3) is 4.55. The Labute approximate surface area is 138 Å². The largest absolute Gasteiger partial charge is 0.355 e. The van der Waals surface area contributed by atoms with E-state index in [2.05, 4.69) is 49.3 Å². The first-order valence-corrected chi connectivity index (χ1v) is 8.07. The maximum atomic E-state index is 12.4. The Balaban J connectivity index is 2.16. The fraction of sp³-hybridized carbons (Fsp3) is 0.368. The highest BCUT2D eigenvalue weighted by atomic mass is 16.2. The summed E-state index contributed by atoms with van der Waals surface area (Å²) >= 11 is 0. The molecule has 4 nitrogen and oxygen atoms in total. The van der Waals surface area contributed by atoms with Crippen LogP contribution in [0.5, 0.6) is 0 Å². The van der Waals surface area contributed by atoms with Crippen LogP contribution in [0.1, 0.15) is 41.4 Å². The molecule has 1 aromatic heterocycles. The molecule has 0 radical (unpaired) electrons. The van der Waals surface area contributed by atoms with Crippen molar-refractivity contribution in [1.82, 2.24) is 9.88 Å². The molecule has 0 bridgehead atoms. The lowest BCUT2D eigenvalue weighted by Crippen LogP contribution is -2.28. The van der Waals surface area contributed by atoms with Crippen LogP contribution in [-0.2, 0) is 0 Å². The second-order valence-corrected chi connectivity index (χ2v) is 5.95. The number of unbranched alkanes of at least 4 members (excludes halogenated alkanes) is 1. The number of aryl methyl sites for hydroxylation is 2. The Bertz CT molecular complexity index is 682. The van der Waals surface area contributed by atoms with Crippen LogP contribution in [0.4, 0.5) is 11.4 Å². The highest BCUT2D eigenvalue weighted by Crippen LogP contribution is 2.22. The number of hydrogen-bond donors (Lipinski definition) is 1. The van der Waals surface area contributed by atoms with Gasteiger partial charge in [-0.3, -0.25) is 9.78 Å². The average molecular weight is 311 g/mol. The predicted molar refractivity (Wildman–Crippen MR) is 95.3 cm³/mol. The zero-order valence-electron chi connectivity index (χ0n) is 14.4. The summed E-state index contributed by atoms with van der Waals surface area (Å²) in [7, 11) is 1.82. The molecule has 0 saturated heterocycles. The van der Waals surface area contributed by atoms with Crippen molar-refractivity contribution in [2.75, 3.05) is 18.9 Å². The van der Waals surface area contributed by atoms with Gasteiger partial charge in [0.1, 0.15) is 5.69 Å². The summed E-state index contributed by atoms with van der Waals surface area (Å²) in [6.45, 7) is 7.00. The third-order valence-corrected chi connectivity index (χ3v) is 3.84. The van der Waals surface area contributed by atoms with Gasteiger partial charge in [-0.2, -0.15) is 0 Å². The number of pyridine rings is 1. The monoisotopic (exact) mass is 311 g/mol. The number of carbonyl (C=O) groups excluding carboxylic acids is 1. The predicted octanol–water partition coefficient (Wildman–Crippen LogP) is 4.31. The van der Waals surface area contributed by atoms with E-state index in [4.69, 9.17) is 0 Å². The Morgan fingerprint density at radius 2 is 2.00 bits per heavy atom. The van der Waals surface area contributed by atoms with Gasteiger partial charge in [-0.1, -0.05) is 25.5 Å². The van der Waals surface area contributed by atoms with E-state index in [1.54, 1.807) is 11.1 Å². The van der Waals surface area contributed by atoms with E-state index in [0.717, 1.165) is 30.8 Å². The first kappa shape index (κ1) is 17.0. The Morgan fingerprint density at radius 1 is 1.22 bits per heavy atom. The van der Waals surface area contributed by atoms with Gasteiger partial charge >= 0.3 is 0 Å². The van der Waals surface area contributed by atoms with Crippen molar-refractivity contribution in [2.24, 2.45) is 0 Å². The molecule has 2 aromatic rings. The molecule has 122 valence electrons.